The van der Waals surface area contributed by atoms with Gasteiger partial charge in [-0.2, -0.15) is 0 Å². The topological polar surface area (TPSA) is 38.9 Å². The van der Waals surface area contributed by atoms with E-state index >= 15 is 0 Å². The van der Waals surface area contributed by atoms with E-state index < -0.39 is 6.43 Å². The maximum atomic E-state index is 12.5. The van der Waals surface area contributed by atoms with Crippen LogP contribution in [0.3, 0.4) is 0 Å². The third-order valence-electron chi connectivity index (χ3n) is 1.77. The van der Waals surface area contributed by atoms with Crippen molar-refractivity contribution in [1.82, 2.24) is 4.98 Å². The largest absolute Gasteiger partial charge is 0.326 e. The Morgan fingerprint density at radius 2 is 2.23 bits per heavy atom. The standard InChI is InChI=1S/C8H9BrF2N2/c1-4-6(3-12)5(8(10)11)2-7(9)13-4/h2,8H,3,12H2,1H3. The monoisotopic (exact) mass is 250 g/mol. The van der Waals surface area contributed by atoms with E-state index in [1.807, 2.05) is 0 Å². The second-order valence-corrected chi connectivity index (χ2v) is 3.42. The molecular formula is C8H9BrF2N2. The van der Waals surface area contributed by atoms with Gasteiger partial charge < -0.3 is 5.73 Å². The zero-order valence-corrected chi connectivity index (χ0v) is 8.61. The van der Waals surface area contributed by atoms with E-state index in [2.05, 4.69) is 20.9 Å². The summed E-state index contributed by atoms with van der Waals surface area (Å²) in [4.78, 5) is 3.99. The number of hydrogen-bond acceptors (Lipinski definition) is 2. The fraction of sp³-hybridized carbons (Fsp3) is 0.375. The summed E-state index contributed by atoms with van der Waals surface area (Å²) in [6, 6.07) is 1.31. The fourth-order valence-corrected chi connectivity index (χ4v) is 1.66. The van der Waals surface area contributed by atoms with Crippen molar-refractivity contribution in [3.63, 3.8) is 0 Å². The molecule has 5 heteroatoms. The molecule has 72 valence electrons. The Morgan fingerprint density at radius 1 is 1.62 bits per heavy atom. The van der Waals surface area contributed by atoms with Gasteiger partial charge in [0.1, 0.15) is 4.60 Å². The van der Waals surface area contributed by atoms with Gasteiger partial charge in [-0.25, -0.2) is 13.8 Å². The highest BCUT2D eigenvalue weighted by Gasteiger charge is 2.15. The first-order valence-electron chi connectivity index (χ1n) is 3.70. The van der Waals surface area contributed by atoms with Gasteiger partial charge in [0.15, 0.2) is 0 Å². The molecule has 0 aromatic carbocycles. The van der Waals surface area contributed by atoms with Gasteiger partial charge in [0.2, 0.25) is 0 Å². The molecule has 2 N–H and O–H groups in total. The van der Waals surface area contributed by atoms with Crippen molar-refractivity contribution in [2.75, 3.05) is 0 Å². The van der Waals surface area contributed by atoms with Crippen LogP contribution in [-0.4, -0.2) is 4.98 Å². The van der Waals surface area contributed by atoms with Crippen LogP contribution in [0.2, 0.25) is 0 Å². The maximum absolute atomic E-state index is 12.5. The summed E-state index contributed by atoms with van der Waals surface area (Å²) >= 11 is 3.06. The van der Waals surface area contributed by atoms with Crippen LogP contribution < -0.4 is 5.73 Å². The minimum atomic E-state index is -2.50. The lowest BCUT2D eigenvalue weighted by Gasteiger charge is -2.09. The molecule has 0 amide bonds. The first-order valence-corrected chi connectivity index (χ1v) is 4.49. The smallest absolute Gasteiger partial charge is 0.264 e. The molecule has 0 bridgehead atoms. The predicted octanol–water partition coefficient (Wildman–Crippen LogP) is 2.55. The first kappa shape index (κ1) is 10.5. The SMILES string of the molecule is Cc1nc(Br)cc(C(F)F)c1CN. The molecule has 1 aromatic rings. The Hall–Kier alpha value is -0.550. The van der Waals surface area contributed by atoms with Crippen molar-refractivity contribution in [2.45, 2.75) is 19.9 Å². The second-order valence-electron chi connectivity index (χ2n) is 2.60. The molecule has 2 nitrogen and oxygen atoms in total. The summed E-state index contributed by atoms with van der Waals surface area (Å²) in [5, 5.41) is 0. The second kappa shape index (κ2) is 4.11. The van der Waals surface area contributed by atoms with Gasteiger partial charge in [-0.15, -0.1) is 0 Å². The van der Waals surface area contributed by atoms with Crippen LogP contribution in [0.15, 0.2) is 10.7 Å². The molecule has 1 heterocycles. The van der Waals surface area contributed by atoms with Gasteiger partial charge in [0.25, 0.3) is 6.43 Å². The number of nitrogens with zero attached hydrogens (tertiary/aromatic N) is 1. The maximum Gasteiger partial charge on any atom is 0.264 e. The number of aryl methyl sites for hydroxylation is 1. The number of aromatic nitrogens is 1. The molecular weight excluding hydrogens is 242 g/mol. The van der Waals surface area contributed by atoms with Crippen LogP contribution in [0.25, 0.3) is 0 Å². The van der Waals surface area contributed by atoms with Crippen molar-refractivity contribution in [2.24, 2.45) is 5.73 Å². The number of pyridine rings is 1. The quantitative estimate of drug-likeness (QED) is 0.820. The Kier molecular flexibility index (Phi) is 3.33. The normalized spacial score (nSPS) is 10.9. The van der Waals surface area contributed by atoms with Crippen LogP contribution in [0.5, 0.6) is 0 Å². The van der Waals surface area contributed by atoms with Crippen LogP contribution in [-0.2, 0) is 6.54 Å². The van der Waals surface area contributed by atoms with Crippen molar-refractivity contribution < 1.29 is 8.78 Å². The van der Waals surface area contributed by atoms with E-state index in [1.54, 1.807) is 6.92 Å². The number of rotatable bonds is 2. The van der Waals surface area contributed by atoms with Crippen LogP contribution in [0, 0.1) is 6.92 Å². The summed E-state index contributed by atoms with van der Waals surface area (Å²) in [6.07, 6.45) is -2.50. The minimum absolute atomic E-state index is 0.0399. The lowest BCUT2D eigenvalue weighted by Crippen LogP contribution is -2.06. The molecule has 0 spiro atoms. The Labute approximate surface area is 83.3 Å². The van der Waals surface area contributed by atoms with Gasteiger partial charge in [0, 0.05) is 17.8 Å². The molecule has 0 fully saturated rings. The molecule has 0 saturated heterocycles. The van der Waals surface area contributed by atoms with E-state index in [4.69, 9.17) is 5.73 Å². The summed E-state index contributed by atoms with van der Waals surface area (Å²) < 4.78 is 25.4. The van der Waals surface area contributed by atoms with Gasteiger partial charge in [0.05, 0.1) is 0 Å². The lowest BCUT2D eigenvalue weighted by molar-refractivity contribution is 0.150. The van der Waals surface area contributed by atoms with Crippen molar-refractivity contribution in [1.29, 1.82) is 0 Å². The van der Waals surface area contributed by atoms with E-state index in [-0.39, 0.29) is 12.1 Å². The highest BCUT2D eigenvalue weighted by atomic mass is 79.9. The minimum Gasteiger partial charge on any atom is -0.326 e. The Bertz CT molecular complexity index is 315. The highest BCUT2D eigenvalue weighted by molar-refractivity contribution is 9.10. The summed E-state index contributed by atoms with van der Waals surface area (Å²) in [5.41, 5.74) is 6.29. The third kappa shape index (κ3) is 2.22. The van der Waals surface area contributed by atoms with E-state index in [0.717, 1.165) is 0 Å². The molecule has 1 rings (SSSR count). The zero-order valence-electron chi connectivity index (χ0n) is 7.02. The molecule has 0 aliphatic rings. The summed E-state index contributed by atoms with van der Waals surface area (Å²) in [5.74, 6) is 0. The molecule has 1 aromatic heterocycles. The first-order chi connectivity index (χ1) is 6.06. The predicted molar refractivity (Wildman–Crippen MR) is 49.5 cm³/mol. The number of alkyl halides is 2. The van der Waals surface area contributed by atoms with E-state index in [0.29, 0.717) is 15.9 Å². The molecule has 13 heavy (non-hydrogen) atoms. The van der Waals surface area contributed by atoms with Crippen molar-refractivity contribution in [3.05, 3.63) is 27.5 Å². The van der Waals surface area contributed by atoms with Crippen molar-refractivity contribution >= 4 is 15.9 Å². The van der Waals surface area contributed by atoms with Gasteiger partial charge in [-0.3, -0.25) is 0 Å². The average molecular weight is 251 g/mol. The van der Waals surface area contributed by atoms with Gasteiger partial charge in [-0.1, -0.05) is 0 Å². The molecule has 0 radical (unpaired) electrons. The fourth-order valence-electron chi connectivity index (χ4n) is 1.14. The highest BCUT2D eigenvalue weighted by Crippen LogP contribution is 2.26. The number of halogens is 3. The Morgan fingerprint density at radius 3 is 2.69 bits per heavy atom. The van der Waals surface area contributed by atoms with Gasteiger partial charge in [-0.05, 0) is 34.5 Å². The zero-order chi connectivity index (χ0) is 10.0. The van der Waals surface area contributed by atoms with E-state index in [1.165, 1.54) is 6.07 Å². The van der Waals surface area contributed by atoms with Gasteiger partial charge >= 0.3 is 0 Å². The molecule has 0 aliphatic heterocycles. The number of hydrogen-bond donors (Lipinski definition) is 1. The molecule has 0 saturated carbocycles. The van der Waals surface area contributed by atoms with Crippen LogP contribution in [0.4, 0.5) is 8.78 Å². The van der Waals surface area contributed by atoms with Crippen molar-refractivity contribution in [3.8, 4) is 0 Å². The molecule has 0 unspecified atom stereocenters. The molecule has 0 atom stereocenters. The third-order valence-corrected chi connectivity index (χ3v) is 2.18. The summed E-state index contributed by atoms with van der Waals surface area (Å²) in [7, 11) is 0. The lowest BCUT2D eigenvalue weighted by atomic mass is 10.1. The van der Waals surface area contributed by atoms with E-state index in [9.17, 15) is 8.78 Å². The van der Waals surface area contributed by atoms with Crippen LogP contribution in [0.1, 0.15) is 23.2 Å². The summed E-state index contributed by atoms with van der Waals surface area (Å²) in [6.45, 7) is 1.75. The Balaban J connectivity index is 3.29. The van der Waals surface area contributed by atoms with Crippen LogP contribution >= 0.6 is 15.9 Å². The number of nitrogens with two attached hydrogens (primary N) is 1. The average Bonchev–Trinajstić information content (AvgIpc) is 2.02. The molecule has 0 aliphatic carbocycles.